The summed E-state index contributed by atoms with van der Waals surface area (Å²) in [4.78, 5) is 0. The van der Waals surface area contributed by atoms with Crippen LogP contribution in [0.4, 0.5) is 0 Å². The molecule has 156 valence electrons. The second-order valence-corrected chi connectivity index (χ2v) is 9.22. The highest BCUT2D eigenvalue weighted by Gasteiger charge is 2.51. The Labute approximate surface area is 184 Å². The minimum atomic E-state index is -0.270. The molecule has 0 saturated heterocycles. The van der Waals surface area contributed by atoms with Crippen LogP contribution in [0.5, 0.6) is 5.75 Å². The summed E-state index contributed by atoms with van der Waals surface area (Å²) in [7, 11) is 0. The molecule has 6 rings (SSSR count). The van der Waals surface area contributed by atoms with Crippen molar-refractivity contribution in [2.75, 3.05) is 0 Å². The number of hydrogen-bond donors (Lipinski definition) is 1. The van der Waals surface area contributed by atoms with Crippen molar-refractivity contribution in [3.63, 3.8) is 0 Å². The van der Waals surface area contributed by atoms with E-state index in [1.165, 1.54) is 40.8 Å². The zero-order valence-electron chi connectivity index (χ0n) is 17.9. The van der Waals surface area contributed by atoms with Gasteiger partial charge in [-0.1, -0.05) is 79.7 Å². The summed E-state index contributed by atoms with van der Waals surface area (Å²) >= 11 is 0. The van der Waals surface area contributed by atoms with Crippen LogP contribution in [0.25, 0.3) is 16.8 Å². The molecule has 1 atom stereocenters. The quantitative estimate of drug-likeness (QED) is 0.520. The Balaban J connectivity index is 1.35. The Bertz CT molecular complexity index is 1110. The van der Waals surface area contributed by atoms with E-state index in [1.807, 2.05) is 0 Å². The first-order valence-electron chi connectivity index (χ1n) is 11.4. The first-order chi connectivity index (χ1) is 15.2. The lowest BCUT2D eigenvalue weighted by molar-refractivity contribution is -0.155. The Kier molecular flexibility index (Phi) is 4.39. The van der Waals surface area contributed by atoms with E-state index in [1.54, 1.807) is 0 Å². The second-order valence-electron chi connectivity index (χ2n) is 9.22. The fourth-order valence-electron chi connectivity index (χ4n) is 5.31. The van der Waals surface area contributed by atoms with Gasteiger partial charge in [0.2, 0.25) is 0 Å². The Morgan fingerprint density at radius 3 is 2.23 bits per heavy atom. The molecule has 0 unspecified atom stereocenters. The summed E-state index contributed by atoms with van der Waals surface area (Å²) in [5.74, 6) is 1.81. The molecule has 0 bridgehead atoms. The van der Waals surface area contributed by atoms with Gasteiger partial charge in [-0.05, 0) is 47.6 Å². The predicted octanol–water partition coefficient (Wildman–Crippen LogP) is 6.55. The van der Waals surface area contributed by atoms with Gasteiger partial charge in [0.15, 0.2) is 5.72 Å². The fourth-order valence-corrected chi connectivity index (χ4v) is 5.31. The van der Waals surface area contributed by atoms with Gasteiger partial charge in [-0.3, -0.25) is 0 Å². The first-order valence-corrected chi connectivity index (χ1v) is 11.4. The fraction of sp³-hybridized carbons (Fsp3) is 0.286. The molecule has 0 amide bonds. The molecule has 2 aliphatic heterocycles. The number of para-hydroxylation sites is 1. The van der Waals surface area contributed by atoms with Gasteiger partial charge in [0.1, 0.15) is 5.75 Å². The van der Waals surface area contributed by atoms with Crippen molar-refractivity contribution in [3.8, 4) is 16.9 Å². The van der Waals surface area contributed by atoms with Crippen LogP contribution in [0.2, 0.25) is 0 Å². The molecule has 3 aromatic rings. The van der Waals surface area contributed by atoms with E-state index in [0.717, 1.165) is 24.5 Å². The van der Waals surface area contributed by atoms with Crippen molar-refractivity contribution in [3.05, 3.63) is 96.1 Å². The summed E-state index contributed by atoms with van der Waals surface area (Å²) in [5, 5.41) is 2.39. The van der Waals surface area contributed by atoms with Gasteiger partial charge < -0.3 is 10.2 Å². The zero-order valence-corrected chi connectivity index (χ0v) is 17.9. The molecule has 1 N–H and O–H groups in total. The molecule has 3 nitrogen and oxygen atoms in total. The monoisotopic (exact) mass is 408 g/mol. The van der Waals surface area contributed by atoms with Gasteiger partial charge in [0.05, 0.1) is 11.7 Å². The lowest BCUT2D eigenvalue weighted by Gasteiger charge is -2.51. The van der Waals surface area contributed by atoms with Crippen molar-refractivity contribution in [2.45, 2.75) is 44.4 Å². The highest BCUT2D eigenvalue weighted by molar-refractivity contribution is 5.71. The average Bonchev–Trinajstić information content (AvgIpc) is 3.29. The van der Waals surface area contributed by atoms with Crippen molar-refractivity contribution in [1.29, 1.82) is 0 Å². The van der Waals surface area contributed by atoms with Gasteiger partial charge in [-0.15, -0.1) is 0 Å². The third-order valence-corrected chi connectivity index (χ3v) is 7.18. The number of benzene rings is 3. The molecule has 0 radical (unpaired) electrons. The maximum absolute atomic E-state index is 6.71. The number of hydrogen-bond acceptors (Lipinski definition) is 3. The smallest absolute Gasteiger partial charge is 0.180 e. The highest BCUT2D eigenvalue weighted by Crippen LogP contribution is 2.50. The van der Waals surface area contributed by atoms with E-state index in [9.17, 15) is 0 Å². The number of hydrazine groups is 1. The lowest BCUT2D eigenvalue weighted by atomic mass is 9.82. The van der Waals surface area contributed by atoms with Crippen LogP contribution in [0.3, 0.4) is 0 Å². The maximum atomic E-state index is 6.71. The summed E-state index contributed by atoms with van der Waals surface area (Å²) < 4.78 is 6.71. The topological polar surface area (TPSA) is 24.5 Å². The van der Waals surface area contributed by atoms with E-state index in [2.05, 4.69) is 102 Å². The van der Waals surface area contributed by atoms with E-state index < -0.39 is 0 Å². The van der Waals surface area contributed by atoms with E-state index >= 15 is 0 Å². The van der Waals surface area contributed by atoms with Crippen LogP contribution >= 0.6 is 0 Å². The first kappa shape index (κ1) is 18.7. The average molecular weight is 409 g/mol. The van der Waals surface area contributed by atoms with Crippen molar-refractivity contribution >= 4 is 5.70 Å². The molecule has 0 aromatic heterocycles. The van der Waals surface area contributed by atoms with Crippen LogP contribution in [-0.2, 0) is 0 Å². The normalized spacial score (nSPS) is 27.1. The lowest BCUT2D eigenvalue weighted by Crippen LogP contribution is -2.60. The number of fused-ring (bicyclic) bond motifs is 4. The number of ether oxygens (including phenoxy) is 1. The summed E-state index contributed by atoms with van der Waals surface area (Å²) in [6, 6.07) is 28.2. The van der Waals surface area contributed by atoms with Crippen LogP contribution in [0, 0.1) is 5.92 Å². The summed E-state index contributed by atoms with van der Waals surface area (Å²) in [6.07, 6.45) is 6.89. The predicted molar refractivity (Wildman–Crippen MR) is 125 cm³/mol. The molecular weight excluding hydrogens is 380 g/mol. The van der Waals surface area contributed by atoms with Gasteiger partial charge in [-0.2, -0.15) is 5.01 Å². The number of rotatable bonds is 2. The molecule has 1 fully saturated rings. The molecule has 3 heteroatoms. The van der Waals surface area contributed by atoms with Crippen LogP contribution in [0.1, 0.15) is 49.8 Å². The minimum Gasteiger partial charge on any atom is -0.471 e. The van der Waals surface area contributed by atoms with E-state index in [-0.39, 0.29) is 11.8 Å². The van der Waals surface area contributed by atoms with Crippen molar-refractivity contribution in [1.82, 2.24) is 10.4 Å². The molecule has 1 spiro atoms. The molecule has 3 aliphatic rings. The molecule has 31 heavy (non-hydrogen) atoms. The summed E-state index contributed by atoms with van der Waals surface area (Å²) in [6.45, 7) is 2.36. The van der Waals surface area contributed by atoms with Gasteiger partial charge in [-0.25, -0.2) is 0 Å². The molecular formula is C28H28N2O. The van der Waals surface area contributed by atoms with Crippen molar-refractivity contribution in [2.24, 2.45) is 5.92 Å². The van der Waals surface area contributed by atoms with Gasteiger partial charge in [0, 0.05) is 18.4 Å². The molecule has 1 saturated carbocycles. The number of nitrogens with one attached hydrogen (secondary N) is 1. The second kappa shape index (κ2) is 7.28. The van der Waals surface area contributed by atoms with Gasteiger partial charge >= 0.3 is 0 Å². The minimum absolute atomic E-state index is 0.196. The Hall–Kier alpha value is -3.04. The SMILES string of the molecule is CC1CCC2(CC1)Oc1ccccc1[C@H]1C=C(c3ccc(-c4ccccc4)cc3)NN12. The van der Waals surface area contributed by atoms with E-state index in [4.69, 9.17) is 4.74 Å². The van der Waals surface area contributed by atoms with Crippen LogP contribution in [0.15, 0.2) is 84.9 Å². The molecule has 3 aromatic carbocycles. The Morgan fingerprint density at radius 2 is 1.45 bits per heavy atom. The largest absolute Gasteiger partial charge is 0.471 e. The third kappa shape index (κ3) is 3.16. The number of nitrogens with zero attached hydrogens (tertiary/aromatic N) is 1. The van der Waals surface area contributed by atoms with Crippen LogP contribution < -0.4 is 10.2 Å². The standard InChI is InChI=1S/C28H28N2O/c1-20-15-17-28(18-16-20)30-26(24-9-5-6-10-27(24)31-28)19-25(29-30)23-13-11-22(12-14-23)21-7-3-2-4-8-21/h2-14,19-20,26,29H,15-18H2,1H3/t20?,26-,28?/m1/s1. The zero-order chi connectivity index (χ0) is 20.8. The summed E-state index contributed by atoms with van der Waals surface area (Å²) in [5.41, 5.74) is 9.60. The molecule has 2 heterocycles. The third-order valence-electron chi connectivity index (χ3n) is 7.18. The maximum Gasteiger partial charge on any atom is 0.180 e. The van der Waals surface area contributed by atoms with Crippen molar-refractivity contribution < 1.29 is 4.74 Å². The van der Waals surface area contributed by atoms with E-state index in [0.29, 0.717) is 0 Å². The Morgan fingerprint density at radius 1 is 0.806 bits per heavy atom. The highest BCUT2D eigenvalue weighted by atomic mass is 16.5. The van der Waals surface area contributed by atoms with Gasteiger partial charge in [0.25, 0.3) is 0 Å². The van der Waals surface area contributed by atoms with Crippen LogP contribution in [-0.4, -0.2) is 10.7 Å². The molecule has 1 aliphatic carbocycles.